The molecule has 0 spiro atoms. The number of ketones is 1. The van der Waals surface area contributed by atoms with E-state index in [0.717, 1.165) is 15.6 Å². The molecular weight excluding hydrogens is 196 g/mol. The number of aryl methyl sites for hydroxylation is 2. The molecule has 1 aromatic rings. The van der Waals surface area contributed by atoms with Crippen LogP contribution in [0.1, 0.15) is 15.6 Å². The summed E-state index contributed by atoms with van der Waals surface area (Å²) in [4.78, 5) is 18.8. The van der Waals surface area contributed by atoms with E-state index in [4.69, 9.17) is 0 Å². The highest BCUT2D eigenvalue weighted by atomic mass is 32.1. The third kappa shape index (κ3) is 3.20. The fraction of sp³-hybridized carbons (Fsp3) is 0.600. The summed E-state index contributed by atoms with van der Waals surface area (Å²) in [5, 5.41) is 1.04. The first-order valence-corrected chi connectivity index (χ1v) is 5.40. The van der Waals surface area contributed by atoms with E-state index < -0.39 is 0 Å². The van der Waals surface area contributed by atoms with Gasteiger partial charge in [0.2, 0.25) is 0 Å². The summed E-state index contributed by atoms with van der Waals surface area (Å²) in [6, 6.07) is 0. The highest BCUT2D eigenvalue weighted by molar-refractivity contribution is 7.11. The fourth-order valence-corrected chi connectivity index (χ4v) is 2.29. The molecule has 0 unspecified atom stereocenters. The van der Waals surface area contributed by atoms with E-state index in [1.165, 1.54) is 0 Å². The van der Waals surface area contributed by atoms with Crippen LogP contribution in [0.4, 0.5) is 0 Å². The monoisotopic (exact) mass is 212 g/mol. The van der Waals surface area contributed by atoms with Crippen molar-refractivity contribution < 1.29 is 4.79 Å². The molecule has 1 aromatic heterocycles. The number of thiazole rings is 1. The zero-order valence-electron chi connectivity index (χ0n) is 9.13. The van der Waals surface area contributed by atoms with Crippen molar-refractivity contribution in [2.45, 2.75) is 20.3 Å². The van der Waals surface area contributed by atoms with Crippen molar-refractivity contribution in [1.29, 1.82) is 0 Å². The largest absolute Gasteiger partial charge is 0.302 e. The molecule has 1 rings (SSSR count). The van der Waals surface area contributed by atoms with E-state index in [0.29, 0.717) is 13.0 Å². The summed E-state index contributed by atoms with van der Waals surface area (Å²) in [5.41, 5.74) is 1.000. The first-order valence-electron chi connectivity index (χ1n) is 4.58. The number of rotatable bonds is 4. The minimum atomic E-state index is 0.252. The van der Waals surface area contributed by atoms with Gasteiger partial charge in [0.25, 0.3) is 0 Å². The molecule has 78 valence electrons. The highest BCUT2D eigenvalue weighted by Crippen LogP contribution is 2.17. The molecule has 0 N–H and O–H groups in total. The first kappa shape index (κ1) is 11.3. The molecule has 0 bridgehead atoms. The second-order valence-corrected chi connectivity index (χ2v) is 4.98. The third-order valence-corrected chi connectivity index (χ3v) is 2.92. The van der Waals surface area contributed by atoms with E-state index in [-0.39, 0.29) is 5.78 Å². The maximum Gasteiger partial charge on any atom is 0.152 e. The molecule has 0 aromatic carbocycles. The highest BCUT2D eigenvalue weighted by Gasteiger charge is 2.10. The van der Waals surface area contributed by atoms with Crippen molar-refractivity contribution in [2.75, 3.05) is 20.6 Å². The van der Waals surface area contributed by atoms with Crippen LogP contribution in [0.3, 0.4) is 0 Å². The van der Waals surface area contributed by atoms with Crippen molar-refractivity contribution >= 4 is 17.1 Å². The molecule has 0 radical (unpaired) electrons. The van der Waals surface area contributed by atoms with Crippen molar-refractivity contribution in [2.24, 2.45) is 0 Å². The van der Waals surface area contributed by atoms with Crippen molar-refractivity contribution in [3.05, 3.63) is 15.6 Å². The quantitative estimate of drug-likeness (QED) is 0.757. The van der Waals surface area contributed by atoms with Crippen LogP contribution >= 0.6 is 11.3 Å². The normalized spacial score (nSPS) is 10.9. The van der Waals surface area contributed by atoms with E-state index >= 15 is 0 Å². The van der Waals surface area contributed by atoms with Crippen LogP contribution in [-0.4, -0.2) is 36.3 Å². The van der Waals surface area contributed by atoms with Gasteiger partial charge in [-0.1, -0.05) is 0 Å². The summed E-state index contributed by atoms with van der Waals surface area (Å²) >= 11 is 1.62. The predicted molar refractivity (Wildman–Crippen MR) is 58.9 cm³/mol. The number of Topliss-reactive ketones (excluding diaryl/α,β-unsaturated/α-hetero) is 1. The summed E-state index contributed by atoms with van der Waals surface area (Å²) < 4.78 is 0. The smallest absolute Gasteiger partial charge is 0.152 e. The lowest BCUT2D eigenvalue weighted by atomic mass is 10.2. The Morgan fingerprint density at radius 2 is 2.07 bits per heavy atom. The molecule has 4 heteroatoms. The van der Waals surface area contributed by atoms with Crippen LogP contribution in [0.2, 0.25) is 0 Å². The number of nitrogens with zero attached hydrogens (tertiary/aromatic N) is 2. The Morgan fingerprint density at radius 1 is 1.43 bits per heavy atom. The van der Waals surface area contributed by atoms with Gasteiger partial charge in [-0.25, -0.2) is 4.98 Å². The molecule has 0 atom stereocenters. The van der Waals surface area contributed by atoms with Crippen LogP contribution in [0.15, 0.2) is 0 Å². The van der Waals surface area contributed by atoms with Gasteiger partial charge >= 0.3 is 0 Å². The molecule has 0 aliphatic carbocycles. The molecule has 3 nitrogen and oxygen atoms in total. The standard InChI is InChI=1S/C10H16N2OS/c1-7-10(14-8(2)11-7)5-9(13)6-12(3)4/h5-6H2,1-4H3. The predicted octanol–water partition coefficient (Wildman–Crippen LogP) is 1.43. The number of hydrogen-bond acceptors (Lipinski definition) is 4. The molecule has 14 heavy (non-hydrogen) atoms. The van der Waals surface area contributed by atoms with Gasteiger partial charge in [-0.3, -0.25) is 4.79 Å². The Kier molecular flexibility index (Phi) is 3.77. The molecule has 1 heterocycles. The van der Waals surface area contributed by atoms with Gasteiger partial charge in [-0.2, -0.15) is 0 Å². The molecular formula is C10H16N2OS. The van der Waals surface area contributed by atoms with E-state index in [9.17, 15) is 4.79 Å². The fourth-order valence-electron chi connectivity index (χ4n) is 1.33. The lowest BCUT2D eigenvalue weighted by molar-refractivity contribution is -0.118. The Hall–Kier alpha value is -0.740. The molecule has 0 aliphatic heterocycles. The Balaban J connectivity index is 2.60. The zero-order chi connectivity index (χ0) is 10.7. The Labute approximate surface area is 88.8 Å². The van der Waals surface area contributed by atoms with Crippen LogP contribution < -0.4 is 0 Å². The number of hydrogen-bond donors (Lipinski definition) is 0. The number of carbonyl (C=O) groups is 1. The minimum absolute atomic E-state index is 0.252. The lowest BCUT2D eigenvalue weighted by Gasteiger charge is -2.07. The van der Waals surface area contributed by atoms with Crippen molar-refractivity contribution in [3.8, 4) is 0 Å². The SMILES string of the molecule is Cc1nc(C)c(CC(=O)CN(C)C)s1. The van der Waals surface area contributed by atoms with Gasteiger partial charge in [0.05, 0.1) is 17.2 Å². The van der Waals surface area contributed by atoms with Crippen molar-refractivity contribution in [1.82, 2.24) is 9.88 Å². The van der Waals surface area contributed by atoms with Gasteiger partial charge in [0.15, 0.2) is 5.78 Å². The maximum atomic E-state index is 11.5. The minimum Gasteiger partial charge on any atom is -0.302 e. The average Bonchev–Trinajstić information content (AvgIpc) is 2.28. The van der Waals surface area contributed by atoms with Gasteiger partial charge in [-0.05, 0) is 27.9 Å². The van der Waals surface area contributed by atoms with Crippen LogP contribution in [0.25, 0.3) is 0 Å². The van der Waals surface area contributed by atoms with Crippen LogP contribution in [0.5, 0.6) is 0 Å². The summed E-state index contributed by atoms with van der Waals surface area (Å²) in [6.07, 6.45) is 0.523. The number of likely N-dealkylation sites (N-methyl/N-ethyl adjacent to an activating group) is 1. The molecule has 0 amide bonds. The third-order valence-electron chi connectivity index (χ3n) is 1.85. The Morgan fingerprint density at radius 3 is 2.50 bits per heavy atom. The van der Waals surface area contributed by atoms with Gasteiger partial charge < -0.3 is 4.90 Å². The van der Waals surface area contributed by atoms with Crippen molar-refractivity contribution in [3.63, 3.8) is 0 Å². The number of aromatic nitrogens is 1. The molecule has 0 fully saturated rings. The van der Waals surface area contributed by atoms with Crippen LogP contribution in [0, 0.1) is 13.8 Å². The lowest BCUT2D eigenvalue weighted by Crippen LogP contribution is -2.22. The van der Waals surface area contributed by atoms with E-state index in [1.807, 2.05) is 32.8 Å². The first-order chi connectivity index (χ1) is 6.49. The second kappa shape index (κ2) is 4.66. The van der Waals surface area contributed by atoms with Crippen LogP contribution in [-0.2, 0) is 11.2 Å². The molecule has 0 aliphatic rings. The molecule has 0 saturated carbocycles. The van der Waals surface area contributed by atoms with Gasteiger partial charge in [0.1, 0.15) is 0 Å². The second-order valence-electron chi connectivity index (χ2n) is 3.69. The van der Waals surface area contributed by atoms with Gasteiger partial charge in [0, 0.05) is 11.3 Å². The summed E-state index contributed by atoms with van der Waals surface area (Å²) in [6.45, 7) is 4.44. The summed E-state index contributed by atoms with van der Waals surface area (Å²) in [7, 11) is 3.81. The van der Waals surface area contributed by atoms with E-state index in [2.05, 4.69) is 4.98 Å². The molecule has 0 saturated heterocycles. The zero-order valence-corrected chi connectivity index (χ0v) is 9.94. The maximum absolute atomic E-state index is 11.5. The Bertz CT molecular complexity index is 331. The topological polar surface area (TPSA) is 33.2 Å². The average molecular weight is 212 g/mol. The number of carbonyl (C=O) groups excluding carboxylic acids is 1. The van der Waals surface area contributed by atoms with E-state index in [1.54, 1.807) is 11.3 Å². The summed E-state index contributed by atoms with van der Waals surface area (Å²) in [5.74, 6) is 0.252. The van der Waals surface area contributed by atoms with Gasteiger partial charge in [-0.15, -0.1) is 11.3 Å².